The van der Waals surface area contributed by atoms with Gasteiger partial charge >= 0.3 is 0 Å². The molecule has 0 aromatic heterocycles. The van der Waals surface area contributed by atoms with Crippen LogP contribution < -0.4 is 0 Å². The molecule has 0 aromatic rings. The van der Waals surface area contributed by atoms with Gasteiger partial charge in [-0.05, 0) is 25.2 Å². The minimum atomic E-state index is 0.789. The maximum absolute atomic E-state index is 5.28. The molecule has 1 atom stereocenters. The summed E-state index contributed by atoms with van der Waals surface area (Å²) in [5.74, 6) is 0.789. The highest BCUT2D eigenvalue weighted by Crippen LogP contribution is 2.15. The second-order valence-corrected chi connectivity index (χ2v) is 2.61. The van der Waals surface area contributed by atoms with Gasteiger partial charge in [0.05, 0.1) is 0 Å². The molecule has 0 saturated carbocycles. The van der Waals surface area contributed by atoms with Crippen molar-refractivity contribution in [3.05, 3.63) is 25.3 Å². The van der Waals surface area contributed by atoms with E-state index in [0.717, 1.165) is 18.8 Å². The first-order chi connectivity index (χ1) is 4.85. The third-order valence-electron chi connectivity index (χ3n) is 1.82. The van der Waals surface area contributed by atoms with Crippen molar-refractivity contribution in [1.82, 2.24) is 0 Å². The van der Waals surface area contributed by atoms with Crippen LogP contribution in [0.3, 0.4) is 0 Å². The van der Waals surface area contributed by atoms with Gasteiger partial charge in [0.2, 0.25) is 0 Å². The summed E-state index contributed by atoms with van der Waals surface area (Å²) < 4.78 is 0. The van der Waals surface area contributed by atoms with Gasteiger partial charge in [-0.2, -0.15) is 0 Å². The summed E-state index contributed by atoms with van der Waals surface area (Å²) in [7, 11) is 0. The Morgan fingerprint density at radius 2 is 2.30 bits per heavy atom. The van der Waals surface area contributed by atoms with E-state index in [9.17, 15) is 0 Å². The summed E-state index contributed by atoms with van der Waals surface area (Å²) in [4.78, 5) is 0. The van der Waals surface area contributed by atoms with Crippen LogP contribution in [0, 0.1) is 12.5 Å². The monoisotopic (exact) mass is 137 g/mol. The van der Waals surface area contributed by atoms with Gasteiger partial charge in [0, 0.05) is 0 Å². The van der Waals surface area contributed by atoms with E-state index in [1.165, 1.54) is 12.8 Å². The maximum Gasteiger partial charge on any atom is -0.0325 e. The minimum Gasteiger partial charge on any atom is -0.103 e. The molecule has 0 rings (SSSR count). The smallest absolute Gasteiger partial charge is 0.0325 e. The molecule has 0 nitrogen and oxygen atoms in total. The molecule has 0 fully saturated rings. The predicted molar refractivity (Wildman–Crippen MR) is 46.7 cm³/mol. The molecule has 0 aliphatic rings. The number of allylic oxidation sites excluding steroid dienone is 2. The van der Waals surface area contributed by atoms with Gasteiger partial charge < -0.3 is 0 Å². The van der Waals surface area contributed by atoms with E-state index in [0.29, 0.717) is 0 Å². The van der Waals surface area contributed by atoms with Crippen molar-refractivity contribution in [3.63, 3.8) is 0 Å². The molecule has 0 saturated heterocycles. The molecule has 0 N–H and O–H groups in total. The predicted octanol–water partition coefficient (Wildman–Crippen LogP) is 3.36. The Morgan fingerprint density at radius 3 is 2.70 bits per heavy atom. The quantitative estimate of drug-likeness (QED) is 0.492. The molecule has 0 heteroatoms. The number of hydrogen-bond donors (Lipinski definition) is 0. The van der Waals surface area contributed by atoms with Gasteiger partial charge in [0.1, 0.15) is 0 Å². The van der Waals surface area contributed by atoms with Gasteiger partial charge in [0.25, 0.3) is 0 Å². The van der Waals surface area contributed by atoms with Crippen molar-refractivity contribution in [2.45, 2.75) is 32.6 Å². The molecular weight excluding hydrogens is 120 g/mol. The highest BCUT2D eigenvalue weighted by Gasteiger charge is 2.00. The van der Waals surface area contributed by atoms with Crippen molar-refractivity contribution >= 4 is 0 Å². The lowest BCUT2D eigenvalue weighted by molar-refractivity contribution is 0.481. The van der Waals surface area contributed by atoms with E-state index in [2.05, 4.69) is 13.5 Å². The van der Waals surface area contributed by atoms with Crippen LogP contribution in [0.4, 0.5) is 0 Å². The van der Waals surface area contributed by atoms with Crippen molar-refractivity contribution in [3.8, 4) is 0 Å². The van der Waals surface area contributed by atoms with Crippen LogP contribution in [0.1, 0.15) is 32.6 Å². The largest absolute Gasteiger partial charge is 0.103 e. The fourth-order valence-electron chi connectivity index (χ4n) is 1.06. The lowest BCUT2D eigenvalue weighted by atomic mass is 9.97. The lowest BCUT2D eigenvalue weighted by Gasteiger charge is -2.09. The van der Waals surface area contributed by atoms with E-state index in [-0.39, 0.29) is 0 Å². The molecule has 0 bridgehead atoms. The molecule has 1 unspecified atom stereocenters. The van der Waals surface area contributed by atoms with Crippen LogP contribution in [0.25, 0.3) is 0 Å². The summed E-state index contributed by atoms with van der Waals surface area (Å²) in [5, 5.41) is 0. The zero-order chi connectivity index (χ0) is 7.82. The molecule has 0 aromatic carbocycles. The molecular formula is C10H17. The summed E-state index contributed by atoms with van der Waals surface area (Å²) in [6.07, 6.45) is 8.34. The topological polar surface area (TPSA) is 0 Å². The minimum absolute atomic E-state index is 0.789. The molecule has 0 spiro atoms. The van der Waals surface area contributed by atoms with E-state index >= 15 is 0 Å². The average molecular weight is 137 g/mol. The zero-order valence-electron chi connectivity index (χ0n) is 6.84. The summed E-state index contributed by atoms with van der Waals surface area (Å²) in [6, 6.07) is 0. The first-order valence-electron chi connectivity index (χ1n) is 3.99. The fourth-order valence-corrected chi connectivity index (χ4v) is 1.06. The van der Waals surface area contributed by atoms with E-state index in [1.54, 1.807) is 6.08 Å². The molecule has 10 heavy (non-hydrogen) atoms. The maximum atomic E-state index is 5.28. The highest BCUT2D eigenvalue weighted by atomic mass is 14.1. The van der Waals surface area contributed by atoms with Crippen LogP contribution in [-0.2, 0) is 0 Å². The van der Waals surface area contributed by atoms with Crippen LogP contribution in [0.5, 0.6) is 0 Å². The molecule has 0 aliphatic heterocycles. The number of hydrogen-bond acceptors (Lipinski definition) is 0. The molecule has 0 heterocycles. The lowest BCUT2D eigenvalue weighted by Crippen LogP contribution is -1.95. The van der Waals surface area contributed by atoms with Crippen molar-refractivity contribution < 1.29 is 0 Å². The van der Waals surface area contributed by atoms with Crippen LogP contribution in [0.2, 0.25) is 0 Å². The third-order valence-corrected chi connectivity index (χ3v) is 1.82. The molecule has 0 aliphatic carbocycles. The Morgan fingerprint density at radius 1 is 1.60 bits per heavy atom. The first-order valence-corrected chi connectivity index (χ1v) is 3.99. The standard InChI is InChI=1S/C10H17/c1-4-7-9-10(6-3)8-5-2/h1,4-5,10H,2,6-9H2,3H3. The SMILES string of the molecule is [CH]=CCCC(CC)CC=C. The Balaban J connectivity index is 3.38. The van der Waals surface area contributed by atoms with Gasteiger partial charge in [-0.1, -0.05) is 32.1 Å². The number of rotatable bonds is 6. The molecule has 0 amide bonds. The fraction of sp³-hybridized carbons (Fsp3) is 0.600. The summed E-state index contributed by atoms with van der Waals surface area (Å²) in [6.45, 7) is 11.2. The van der Waals surface area contributed by atoms with Crippen molar-refractivity contribution in [2.24, 2.45) is 5.92 Å². The van der Waals surface area contributed by atoms with Gasteiger partial charge in [-0.3, -0.25) is 0 Å². The van der Waals surface area contributed by atoms with Crippen LogP contribution >= 0.6 is 0 Å². The van der Waals surface area contributed by atoms with Crippen molar-refractivity contribution in [2.75, 3.05) is 0 Å². The van der Waals surface area contributed by atoms with E-state index in [4.69, 9.17) is 6.58 Å². The average Bonchev–Trinajstić information content (AvgIpc) is 1.98. The van der Waals surface area contributed by atoms with Gasteiger partial charge in [0.15, 0.2) is 0 Å². The molecule has 1 radical (unpaired) electrons. The van der Waals surface area contributed by atoms with E-state index in [1.807, 2.05) is 6.08 Å². The Bertz CT molecular complexity index is 92.2. The van der Waals surface area contributed by atoms with Crippen LogP contribution in [-0.4, -0.2) is 0 Å². The van der Waals surface area contributed by atoms with Gasteiger partial charge in [-0.25, -0.2) is 0 Å². The zero-order valence-corrected chi connectivity index (χ0v) is 6.84. The highest BCUT2D eigenvalue weighted by molar-refractivity contribution is 4.74. The molecule has 57 valence electrons. The second kappa shape index (κ2) is 6.60. The van der Waals surface area contributed by atoms with Crippen molar-refractivity contribution in [1.29, 1.82) is 0 Å². The third kappa shape index (κ3) is 4.37. The Kier molecular flexibility index (Phi) is 6.25. The van der Waals surface area contributed by atoms with Gasteiger partial charge in [-0.15, -0.1) is 6.58 Å². The second-order valence-electron chi connectivity index (χ2n) is 2.61. The first kappa shape index (κ1) is 9.48. The Hall–Kier alpha value is -0.520. The van der Waals surface area contributed by atoms with E-state index < -0.39 is 0 Å². The normalized spacial score (nSPS) is 12.5. The summed E-state index contributed by atoms with van der Waals surface area (Å²) in [5.41, 5.74) is 0. The van der Waals surface area contributed by atoms with Crippen LogP contribution in [0.15, 0.2) is 18.7 Å². The summed E-state index contributed by atoms with van der Waals surface area (Å²) >= 11 is 0. The Labute approximate surface area is 64.6 Å².